The Morgan fingerprint density at radius 2 is 0.973 bits per heavy atom. The van der Waals surface area contributed by atoms with E-state index in [4.69, 9.17) is 3.97 Å². The van der Waals surface area contributed by atoms with Crippen LogP contribution in [0.3, 0.4) is 0 Å². The van der Waals surface area contributed by atoms with Crippen molar-refractivity contribution >= 4 is 43.0 Å². The molecule has 0 atom stereocenters. The van der Waals surface area contributed by atoms with Gasteiger partial charge in [-0.05, 0) is 0 Å². The molecular weight excluding hydrogens is 527 g/mol. The van der Waals surface area contributed by atoms with Gasteiger partial charge >= 0.3 is 219 Å². The SMILES string of the molecule is O=S(=O)(O)CCCP(OS(=O)(=O)Cc1ccccc1)(c1ccccc1)(c1ccccc1)c1ccccc1. The standard InChI is InChI=1S/C28H29O6PS2/c29-36(30,31)23-13-22-35(26-16-7-2-8-17-26,27-18-9-3-10-19-27,28-20-11-4-12-21-28)34-37(32,33)24-25-14-5-1-6-15-25/h1-12,14-21H,13,22-24H2,(H,29,30,31). The van der Waals surface area contributed by atoms with Crippen LogP contribution in [0.5, 0.6) is 0 Å². The predicted octanol–water partition coefficient (Wildman–Crippen LogP) is 4.26. The molecule has 4 rings (SSSR count). The quantitative estimate of drug-likeness (QED) is 0.219. The average molecular weight is 557 g/mol. The second-order valence-corrected chi connectivity index (χ2v) is 16.8. The first-order valence-corrected chi connectivity index (χ1v) is 17.3. The Labute approximate surface area is 218 Å². The number of hydrogen-bond acceptors (Lipinski definition) is 5. The molecule has 4 aromatic rings. The maximum absolute atomic E-state index is 13.9. The van der Waals surface area contributed by atoms with Gasteiger partial charge in [-0.15, -0.1) is 0 Å². The molecule has 0 unspecified atom stereocenters. The summed E-state index contributed by atoms with van der Waals surface area (Å²) in [4.78, 5) is 0. The van der Waals surface area contributed by atoms with E-state index in [2.05, 4.69) is 0 Å². The molecule has 0 saturated carbocycles. The van der Waals surface area contributed by atoms with Crippen molar-refractivity contribution in [1.29, 1.82) is 0 Å². The van der Waals surface area contributed by atoms with Gasteiger partial charge in [-0.2, -0.15) is 0 Å². The first-order chi connectivity index (χ1) is 17.6. The van der Waals surface area contributed by atoms with E-state index in [1.54, 1.807) is 24.3 Å². The van der Waals surface area contributed by atoms with Crippen LogP contribution < -0.4 is 15.9 Å². The van der Waals surface area contributed by atoms with E-state index in [1.807, 2.05) is 97.1 Å². The van der Waals surface area contributed by atoms with E-state index in [9.17, 15) is 21.4 Å². The molecule has 0 aromatic heterocycles. The molecule has 4 aromatic carbocycles. The van der Waals surface area contributed by atoms with E-state index in [0.717, 1.165) is 0 Å². The van der Waals surface area contributed by atoms with Crippen LogP contribution in [0.25, 0.3) is 0 Å². The maximum atomic E-state index is 13.9. The van der Waals surface area contributed by atoms with Crippen LogP contribution in [0.4, 0.5) is 0 Å². The van der Waals surface area contributed by atoms with Crippen LogP contribution in [0.1, 0.15) is 12.0 Å². The van der Waals surface area contributed by atoms with Crippen molar-refractivity contribution in [3.8, 4) is 0 Å². The molecule has 0 aliphatic rings. The molecule has 0 heterocycles. The molecule has 0 radical (unpaired) electrons. The summed E-state index contributed by atoms with van der Waals surface area (Å²) in [5, 5.41) is 1.95. The fourth-order valence-corrected chi connectivity index (χ4v) is 14.5. The molecule has 0 spiro atoms. The first kappa shape index (κ1) is 27.2. The Morgan fingerprint density at radius 3 is 1.35 bits per heavy atom. The Balaban J connectivity index is 2.06. The van der Waals surface area contributed by atoms with Gasteiger partial charge in [0.05, 0.1) is 0 Å². The molecule has 1 N–H and O–H groups in total. The zero-order chi connectivity index (χ0) is 26.4. The normalized spacial score (nSPS) is 13.5. The number of rotatable bonds is 11. The molecule has 0 bridgehead atoms. The minimum atomic E-state index is -4.36. The van der Waals surface area contributed by atoms with Gasteiger partial charge < -0.3 is 0 Å². The second-order valence-electron chi connectivity index (χ2n) is 8.84. The Bertz CT molecular complexity index is 1430. The summed E-state index contributed by atoms with van der Waals surface area (Å²) in [6.45, 7) is -4.36. The van der Waals surface area contributed by atoms with Crippen molar-refractivity contribution < 1.29 is 25.4 Å². The van der Waals surface area contributed by atoms with Crippen molar-refractivity contribution in [2.24, 2.45) is 0 Å². The van der Waals surface area contributed by atoms with Crippen LogP contribution >= 0.6 is 6.83 Å². The number of benzene rings is 4. The average Bonchev–Trinajstić information content (AvgIpc) is 2.89. The van der Waals surface area contributed by atoms with Crippen LogP contribution in [0.2, 0.25) is 0 Å². The van der Waals surface area contributed by atoms with E-state index >= 15 is 0 Å². The minimum absolute atomic E-state index is 0.0177. The molecule has 0 aliphatic heterocycles. The Morgan fingerprint density at radius 1 is 0.595 bits per heavy atom. The zero-order valence-corrected chi connectivity index (χ0v) is 22.7. The van der Waals surface area contributed by atoms with Gasteiger partial charge in [-0.25, -0.2) is 0 Å². The van der Waals surface area contributed by atoms with Crippen molar-refractivity contribution in [2.45, 2.75) is 12.2 Å². The van der Waals surface area contributed by atoms with Crippen LogP contribution in [0, 0.1) is 0 Å². The fourth-order valence-electron chi connectivity index (χ4n) is 4.83. The molecule has 0 amide bonds. The summed E-state index contributed by atoms with van der Waals surface area (Å²) >= 11 is 0. The summed E-state index contributed by atoms with van der Waals surface area (Å²) in [7, 11) is -8.51. The van der Waals surface area contributed by atoms with Crippen molar-refractivity contribution in [1.82, 2.24) is 0 Å². The molecule has 0 aliphatic carbocycles. The second kappa shape index (κ2) is 10.9. The third-order valence-electron chi connectivity index (χ3n) is 6.36. The third-order valence-corrected chi connectivity index (χ3v) is 15.4. The van der Waals surface area contributed by atoms with E-state index in [1.165, 1.54) is 0 Å². The molecule has 0 fully saturated rings. The van der Waals surface area contributed by atoms with Crippen molar-refractivity contribution in [3.63, 3.8) is 0 Å². The summed E-state index contributed by atoms with van der Waals surface area (Å²) in [6, 6.07) is 36.2. The fraction of sp³-hybridized carbons (Fsp3) is 0.143. The third kappa shape index (κ3) is 5.84. The summed E-state index contributed by atoms with van der Waals surface area (Å²) in [6.07, 6.45) is 0.0354. The van der Waals surface area contributed by atoms with Crippen LogP contribution in [0.15, 0.2) is 121 Å². The molecule has 6 nitrogen and oxygen atoms in total. The van der Waals surface area contributed by atoms with Gasteiger partial charge in [0.15, 0.2) is 0 Å². The summed E-state index contributed by atoms with van der Waals surface area (Å²) < 4.78 is 67.6. The van der Waals surface area contributed by atoms with Crippen molar-refractivity contribution in [2.75, 3.05) is 11.9 Å². The summed E-state index contributed by atoms with van der Waals surface area (Å²) in [5.74, 6) is -0.879. The molecular formula is C28H29O6PS2. The molecule has 9 heteroatoms. The monoisotopic (exact) mass is 556 g/mol. The van der Waals surface area contributed by atoms with Gasteiger partial charge in [-0.1, -0.05) is 0 Å². The predicted molar refractivity (Wildman–Crippen MR) is 151 cm³/mol. The van der Waals surface area contributed by atoms with E-state index < -0.39 is 32.8 Å². The van der Waals surface area contributed by atoms with E-state index in [-0.39, 0.29) is 18.3 Å². The van der Waals surface area contributed by atoms with Crippen LogP contribution in [-0.2, 0) is 30.0 Å². The van der Waals surface area contributed by atoms with Gasteiger partial charge in [0.2, 0.25) is 0 Å². The molecule has 37 heavy (non-hydrogen) atoms. The molecule has 0 saturated heterocycles. The number of hydrogen-bond donors (Lipinski definition) is 1. The van der Waals surface area contributed by atoms with Crippen LogP contribution in [-0.4, -0.2) is 33.3 Å². The Hall–Kier alpha value is -2.87. The summed E-state index contributed by atoms with van der Waals surface area (Å²) in [5.41, 5.74) is 0.575. The van der Waals surface area contributed by atoms with Gasteiger partial charge in [0.25, 0.3) is 0 Å². The van der Waals surface area contributed by atoms with Gasteiger partial charge in [-0.3, -0.25) is 0 Å². The van der Waals surface area contributed by atoms with Gasteiger partial charge in [0.1, 0.15) is 0 Å². The molecule has 194 valence electrons. The topological polar surface area (TPSA) is 97.7 Å². The Kier molecular flexibility index (Phi) is 7.97. The van der Waals surface area contributed by atoms with Crippen molar-refractivity contribution in [3.05, 3.63) is 127 Å². The van der Waals surface area contributed by atoms with E-state index in [0.29, 0.717) is 21.5 Å². The van der Waals surface area contributed by atoms with Gasteiger partial charge in [0, 0.05) is 0 Å². The first-order valence-electron chi connectivity index (χ1n) is 11.8. The zero-order valence-electron chi connectivity index (χ0n) is 20.1.